The highest BCUT2D eigenvalue weighted by Gasteiger charge is 2.07. The van der Waals surface area contributed by atoms with Gasteiger partial charge in [-0.15, -0.1) is 0 Å². The van der Waals surface area contributed by atoms with Gasteiger partial charge in [0.15, 0.2) is 0 Å². The summed E-state index contributed by atoms with van der Waals surface area (Å²) in [6.45, 7) is 2.20. The van der Waals surface area contributed by atoms with Gasteiger partial charge in [0.1, 0.15) is 0 Å². The summed E-state index contributed by atoms with van der Waals surface area (Å²) in [6, 6.07) is 16.5. The number of aromatic nitrogens is 1. The molecule has 0 amide bonds. The van der Waals surface area contributed by atoms with E-state index in [2.05, 4.69) is 36.2 Å². The van der Waals surface area contributed by atoms with Gasteiger partial charge in [-0.3, -0.25) is 0 Å². The summed E-state index contributed by atoms with van der Waals surface area (Å²) in [5.41, 5.74) is 5.56. The molecule has 98 valence electrons. The summed E-state index contributed by atoms with van der Waals surface area (Å²) in [4.78, 5) is 3.32. The predicted octanol–water partition coefficient (Wildman–Crippen LogP) is 4.66. The van der Waals surface area contributed by atoms with E-state index < -0.39 is 0 Å². The minimum Gasteiger partial charge on any atom is -0.361 e. The largest absolute Gasteiger partial charge is 0.361 e. The van der Waals surface area contributed by atoms with Gasteiger partial charge in [0, 0.05) is 22.7 Å². The lowest BCUT2D eigenvalue weighted by Crippen LogP contribution is -1.83. The Balaban J connectivity index is 2.10. The van der Waals surface area contributed by atoms with Crippen molar-refractivity contribution in [1.82, 2.24) is 4.98 Å². The second-order valence-corrected chi connectivity index (χ2v) is 5.02. The van der Waals surface area contributed by atoms with Crippen LogP contribution < -0.4 is 0 Å². The molecule has 0 saturated heterocycles. The SMILES string of the molecule is CCCc1ccc2[nH]cc(-c3ccc(C#N)cc3)c2c1. The quantitative estimate of drug-likeness (QED) is 0.731. The van der Waals surface area contributed by atoms with Crippen molar-refractivity contribution in [3.8, 4) is 17.2 Å². The molecule has 0 aliphatic carbocycles. The zero-order valence-corrected chi connectivity index (χ0v) is 11.5. The van der Waals surface area contributed by atoms with Crippen molar-refractivity contribution < 1.29 is 0 Å². The third-order valence-electron chi connectivity index (χ3n) is 3.61. The Morgan fingerprint density at radius 2 is 1.90 bits per heavy atom. The van der Waals surface area contributed by atoms with Crippen LogP contribution in [-0.4, -0.2) is 4.98 Å². The maximum atomic E-state index is 8.87. The Kier molecular flexibility index (Phi) is 3.26. The minimum absolute atomic E-state index is 0.695. The third kappa shape index (κ3) is 2.19. The first-order valence-corrected chi connectivity index (χ1v) is 6.92. The Morgan fingerprint density at radius 3 is 2.60 bits per heavy atom. The van der Waals surface area contributed by atoms with Gasteiger partial charge < -0.3 is 4.98 Å². The molecular weight excluding hydrogens is 244 g/mol. The van der Waals surface area contributed by atoms with Crippen molar-refractivity contribution in [2.45, 2.75) is 19.8 Å². The first kappa shape index (κ1) is 12.5. The lowest BCUT2D eigenvalue weighted by Gasteiger charge is -2.02. The summed E-state index contributed by atoms with van der Waals surface area (Å²) in [5, 5.41) is 10.1. The number of hydrogen-bond acceptors (Lipinski definition) is 1. The Bertz CT molecular complexity index is 773. The van der Waals surface area contributed by atoms with Crippen LogP contribution in [0.2, 0.25) is 0 Å². The molecule has 20 heavy (non-hydrogen) atoms. The molecule has 0 saturated carbocycles. The molecule has 1 N–H and O–H groups in total. The van der Waals surface area contributed by atoms with E-state index in [9.17, 15) is 0 Å². The number of H-pyrrole nitrogens is 1. The van der Waals surface area contributed by atoms with Gasteiger partial charge in [0.05, 0.1) is 11.6 Å². The van der Waals surface area contributed by atoms with Gasteiger partial charge in [-0.05, 0) is 41.8 Å². The Morgan fingerprint density at radius 1 is 1.10 bits per heavy atom. The van der Waals surface area contributed by atoms with E-state index in [0.717, 1.165) is 23.9 Å². The molecule has 0 spiro atoms. The lowest BCUT2D eigenvalue weighted by atomic mass is 10.0. The number of benzene rings is 2. The fraction of sp³-hybridized carbons (Fsp3) is 0.167. The molecule has 0 atom stereocenters. The number of nitrogens with one attached hydrogen (secondary N) is 1. The fourth-order valence-electron chi connectivity index (χ4n) is 2.58. The molecular formula is C18H16N2. The van der Waals surface area contributed by atoms with Crippen molar-refractivity contribution in [1.29, 1.82) is 5.26 Å². The van der Waals surface area contributed by atoms with Crippen LogP contribution in [0.15, 0.2) is 48.7 Å². The maximum Gasteiger partial charge on any atom is 0.0991 e. The smallest absolute Gasteiger partial charge is 0.0991 e. The highest BCUT2D eigenvalue weighted by Crippen LogP contribution is 2.29. The maximum absolute atomic E-state index is 8.87. The number of hydrogen-bond donors (Lipinski definition) is 1. The number of nitriles is 1. The topological polar surface area (TPSA) is 39.6 Å². The average molecular weight is 260 g/mol. The zero-order valence-electron chi connectivity index (χ0n) is 11.5. The molecule has 1 heterocycles. The van der Waals surface area contributed by atoms with Crippen LogP contribution in [0.3, 0.4) is 0 Å². The average Bonchev–Trinajstić information content (AvgIpc) is 2.91. The zero-order chi connectivity index (χ0) is 13.9. The number of rotatable bonds is 3. The van der Waals surface area contributed by atoms with Crippen LogP contribution in [0.25, 0.3) is 22.0 Å². The minimum atomic E-state index is 0.695. The number of aromatic amines is 1. The molecule has 0 fully saturated rings. The van der Waals surface area contributed by atoms with Crippen molar-refractivity contribution in [3.63, 3.8) is 0 Å². The molecule has 2 aromatic carbocycles. The standard InChI is InChI=1S/C18H16N2/c1-2-3-13-6-9-18-16(10-13)17(12-20-18)15-7-4-14(11-19)5-8-15/h4-10,12,20H,2-3H2,1H3. The molecule has 3 aromatic rings. The van der Waals surface area contributed by atoms with E-state index in [1.54, 1.807) is 0 Å². The van der Waals surface area contributed by atoms with Gasteiger partial charge in [-0.25, -0.2) is 0 Å². The number of aryl methyl sites for hydroxylation is 1. The molecule has 0 unspecified atom stereocenters. The summed E-state index contributed by atoms with van der Waals surface area (Å²) in [7, 11) is 0. The Hall–Kier alpha value is -2.53. The third-order valence-corrected chi connectivity index (χ3v) is 3.61. The summed E-state index contributed by atoms with van der Waals surface area (Å²) >= 11 is 0. The predicted molar refractivity (Wildman–Crippen MR) is 82.4 cm³/mol. The molecule has 0 aliphatic heterocycles. The number of fused-ring (bicyclic) bond motifs is 1. The van der Waals surface area contributed by atoms with Crippen LogP contribution in [0, 0.1) is 11.3 Å². The Labute approximate surface area is 118 Å². The highest BCUT2D eigenvalue weighted by atomic mass is 14.7. The van der Waals surface area contributed by atoms with Gasteiger partial charge in [-0.1, -0.05) is 31.5 Å². The van der Waals surface area contributed by atoms with Gasteiger partial charge in [-0.2, -0.15) is 5.26 Å². The monoisotopic (exact) mass is 260 g/mol. The molecule has 3 rings (SSSR count). The van der Waals surface area contributed by atoms with E-state index in [0.29, 0.717) is 5.56 Å². The van der Waals surface area contributed by atoms with Crippen molar-refractivity contribution in [3.05, 3.63) is 59.8 Å². The van der Waals surface area contributed by atoms with Gasteiger partial charge in [0.25, 0.3) is 0 Å². The van der Waals surface area contributed by atoms with E-state index >= 15 is 0 Å². The highest BCUT2D eigenvalue weighted by molar-refractivity contribution is 5.95. The van der Waals surface area contributed by atoms with Crippen LogP contribution in [0.5, 0.6) is 0 Å². The molecule has 1 aromatic heterocycles. The van der Waals surface area contributed by atoms with Gasteiger partial charge in [0.2, 0.25) is 0 Å². The lowest BCUT2D eigenvalue weighted by molar-refractivity contribution is 0.924. The van der Waals surface area contributed by atoms with Crippen molar-refractivity contribution in [2.75, 3.05) is 0 Å². The first-order valence-electron chi connectivity index (χ1n) is 6.92. The summed E-state index contributed by atoms with van der Waals surface area (Å²) in [5.74, 6) is 0. The van der Waals surface area contributed by atoms with Gasteiger partial charge >= 0.3 is 0 Å². The molecule has 2 nitrogen and oxygen atoms in total. The van der Waals surface area contributed by atoms with E-state index in [-0.39, 0.29) is 0 Å². The van der Waals surface area contributed by atoms with Crippen LogP contribution in [0.1, 0.15) is 24.5 Å². The van der Waals surface area contributed by atoms with E-state index in [1.165, 1.54) is 16.5 Å². The van der Waals surface area contributed by atoms with Crippen molar-refractivity contribution in [2.24, 2.45) is 0 Å². The van der Waals surface area contributed by atoms with Crippen LogP contribution in [-0.2, 0) is 6.42 Å². The normalized spacial score (nSPS) is 10.6. The second-order valence-electron chi connectivity index (χ2n) is 5.02. The fourth-order valence-corrected chi connectivity index (χ4v) is 2.58. The molecule has 2 heteroatoms. The van der Waals surface area contributed by atoms with Crippen LogP contribution in [0.4, 0.5) is 0 Å². The molecule has 0 radical (unpaired) electrons. The molecule has 0 bridgehead atoms. The molecule has 0 aliphatic rings. The summed E-state index contributed by atoms with van der Waals surface area (Å²) < 4.78 is 0. The first-order chi connectivity index (χ1) is 9.81. The van der Waals surface area contributed by atoms with E-state index in [1.807, 2.05) is 30.5 Å². The van der Waals surface area contributed by atoms with Crippen LogP contribution >= 0.6 is 0 Å². The summed E-state index contributed by atoms with van der Waals surface area (Å²) in [6.07, 6.45) is 4.30. The van der Waals surface area contributed by atoms with E-state index in [4.69, 9.17) is 5.26 Å². The second kappa shape index (κ2) is 5.22. The number of nitrogens with zero attached hydrogens (tertiary/aromatic N) is 1. The van der Waals surface area contributed by atoms with Crippen molar-refractivity contribution >= 4 is 10.9 Å².